The van der Waals surface area contributed by atoms with Crippen molar-refractivity contribution in [1.29, 1.82) is 0 Å². The number of carbonyl (C=O) groups is 1. The topological polar surface area (TPSA) is 65.1 Å². The fourth-order valence-corrected chi connectivity index (χ4v) is 3.35. The van der Waals surface area contributed by atoms with E-state index in [1.165, 1.54) is 12.0 Å². The van der Waals surface area contributed by atoms with Crippen LogP contribution in [0.2, 0.25) is 0 Å². The molecule has 1 aromatic rings. The van der Waals surface area contributed by atoms with Gasteiger partial charge in [0.25, 0.3) is 0 Å². The Kier molecular flexibility index (Phi) is 7.61. The fourth-order valence-electron chi connectivity index (χ4n) is 1.79. The zero-order valence-corrected chi connectivity index (χ0v) is 13.5. The molecule has 0 bridgehead atoms. The van der Waals surface area contributed by atoms with Crippen LogP contribution >= 0.6 is 7.60 Å². The van der Waals surface area contributed by atoms with E-state index in [1.54, 1.807) is 13.8 Å². The van der Waals surface area contributed by atoms with Gasteiger partial charge in [-0.2, -0.15) is 0 Å². The van der Waals surface area contributed by atoms with Crippen molar-refractivity contribution in [2.24, 2.45) is 0 Å². The van der Waals surface area contributed by atoms with E-state index in [1.807, 2.05) is 30.3 Å². The molecule has 1 aromatic carbocycles. The van der Waals surface area contributed by atoms with Crippen LogP contribution in [0.15, 0.2) is 30.3 Å². The highest BCUT2D eigenvalue weighted by molar-refractivity contribution is 7.53. The van der Waals surface area contributed by atoms with Crippen molar-refractivity contribution < 1.29 is 23.2 Å². The fraction of sp³-hybridized carbons (Fsp3) is 0.500. The second kappa shape index (κ2) is 8.95. The molecule has 0 aromatic heterocycles. The summed E-state index contributed by atoms with van der Waals surface area (Å²) in [6.45, 7) is 5.60. The van der Waals surface area contributed by atoms with Gasteiger partial charge < -0.3 is 13.9 Å². The van der Waals surface area contributed by atoms with Crippen molar-refractivity contribution in [3.8, 4) is 0 Å². The van der Waals surface area contributed by atoms with E-state index in [0.29, 0.717) is 6.54 Å². The van der Waals surface area contributed by atoms with Gasteiger partial charge in [-0.05, 0) is 19.4 Å². The van der Waals surface area contributed by atoms with E-state index < -0.39 is 13.6 Å². The summed E-state index contributed by atoms with van der Waals surface area (Å²) < 4.78 is 23.0. The van der Waals surface area contributed by atoms with Crippen LogP contribution in [-0.2, 0) is 29.8 Å². The molecule has 0 spiro atoms. The third-order valence-corrected chi connectivity index (χ3v) is 4.41. The predicted molar refractivity (Wildman–Crippen MR) is 79.5 cm³/mol. The smallest absolute Gasteiger partial charge is 0.347 e. The van der Waals surface area contributed by atoms with Crippen molar-refractivity contribution in [3.05, 3.63) is 35.9 Å². The van der Waals surface area contributed by atoms with E-state index in [9.17, 15) is 9.36 Å². The Balaban J connectivity index is 2.81. The monoisotopic (exact) mass is 315 g/mol. The summed E-state index contributed by atoms with van der Waals surface area (Å²) in [5.74, 6) is -0.481. The molecule has 0 amide bonds. The average Bonchev–Trinajstić information content (AvgIpc) is 2.39. The Bertz CT molecular complexity index is 470. The number of hydrogen-bond acceptors (Lipinski definition) is 6. The SMILES string of the molecule is CCOP(=O)(CN(Cc1ccccc1)OC(C)=O)OCC. The Morgan fingerprint density at radius 1 is 1.14 bits per heavy atom. The maximum atomic E-state index is 12.5. The van der Waals surface area contributed by atoms with Crippen LogP contribution in [-0.4, -0.2) is 30.5 Å². The maximum Gasteiger partial charge on any atom is 0.347 e. The van der Waals surface area contributed by atoms with Gasteiger partial charge >= 0.3 is 13.6 Å². The standard InChI is InChI=1S/C14H22NO5P/c1-4-18-21(17,19-5-2)12-15(20-13(3)16)11-14-9-7-6-8-10-14/h6-10H,4-5,11-12H2,1-3H3. The number of benzene rings is 1. The average molecular weight is 315 g/mol. The van der Waals surface area contributed by atoms with Crippen molar-refractivity contribution >= 4 is 13.6 Å². The van der Waals surface area contributed by atoms with Crippen LogP contribution in [0.25, 0.3) is 0 Å². The van der Waals surface area contributed by atoms with E-state index in [4.69, 9.17) is 13.9 Å². The van der Waals surface area contributed by atoms with Crippen LogP contribution in [0, 0.1) is 0 Å². The number of carbonyl (C=O) groups excluding carboxylic acids is 1. The van der Waals surface area contributed by atoms with Gasteiger partial charge in [0.1, 0.15) is 6.29 Å². The van der Waals surface area contributed by atoms with E-state index in [2.05, 4.69) is 0 Å². The second-order valence-corrected chi connectivity index (χ2v) is 6.32. The molecule has 0 aliphatic rings. The highest BCUT2D eigenvalue weighted by Crippen LogP contribution is 2.48. The molecule has 0 atom stereocenters. The Hall–Kier alpha value is -1.20. The largest absolute Gasteiger partial charge is 0.367 e. The van der Waals surface area contributed by atoms with Gasteiger partial charge in [-0.1, -0.05) is 30.3 Å². The van der Waals surface area contributed by atoms with Crippen molar-refractivity contribution in [2.45, 2.75) is 27.3 Å². The summed E-state index contributed by atoms with van der Waals surface area (Å²) in [7, 11) is -3.32. The van der Waals surface area contributed by atoms with Gasteiger partial charge in [0.15, 0.2) is 0 Å². The molecule has 0 unspecified atom stereocenters. The molecule has 7 heteroatoms. The molecule has 6 nitrogen and oxygen atoms in total. The van der Waals surface area contributed by atoms with Crippen LogP contribution < -0.4 is 0 Å². The van der Waals surface area contributed by atoms with Crippen LogP contribution in [0.4, 0.5) is 0 Å². The first-order valence-electron chi connectivity index (χ1n) is 6.84. The van der Waals surface area contributed by atoms with Gasteiger partial charge in [-0.3, -0.25) is 9.36 Å². The zero-order chi connectivity index (χ0) is 15.7. The third kappa shape index (κ3) is 6.87. The number of nitrogens with zero attached hydrogens (tertiary/aromatic N) is 1. The van der Waals surface area contributed by atoms with Crippen molar-refractivity contribution in [1.82, 2.24) is 5.06 Å². The summed E-state index contributed by atoms with van der Waals surface area (Å²) in [4.78, 5) is 16.3. The van der Waals surface area contributed by atoms with Crippen LogP contribution in [0.5, 0.6) is 0 Å². The quantitative estimate of drug-likeness (QED) is 0.515. The molecule has 0 heterocycles. The minimum absolute atomic E-state index is 0.108. The molecule has 0 aliphatic heterocycles. The van der Waals surface area contributed by atoms with Gasteiger partial charge in [0.05, 0.1) is 19.8 Å². The van der Waals surface area contributed by atoms with Crippen molar-refractivity contribution in [2.75, 3.05) is 19.5 Å². The minimum atomic E-state index is -3.32. The van der Waals surface area contributed by atoms with Crippen molar-refractivity contribution in [3.63, 3.8) is 0 Å². The summed E-state index contributed by atoms with van der Waals surface area (Å²) >= 11 is 0. The van der Waals surface area contributed by atoms with Gasteiger partial charge in [0, 0.05) is 6.92 Å². The Labute approximate surface area is 125 Å². The normalized spacial score (nSPS) is 11.6. The minimum Gasteiger partial charge on any atom is -0.367 e. The molecular weight excluding hydrogens is 293 g/mol. The Morgan fingerprint density at radius 2 is 1.71 bits per heavy atom. The summed E-state index contributed by atoms with van der Waals surface area (Å²) in [6.07, 6.45) is -0.108. The van der Waals surface area contributed by atoms with E-state index in [0.717, 1.165) is 5.56 Å². The Morgan fingerprint density at radius 3 is 2.19 bits per heavy atom. The lowest BCUT2D eigenvalue weighted by Crippen LogP contribution is -2.28. The molecule has 0 N–H and O–H groups in total. The molecule has 0 radical (unpaired) electrons. The first kappa shape index (κ1) is 17.9. The lowest BCUT2D eigenvalue weighted by Gasteiger charge is -2.25. The van der Waals surface area contributed by atoms with E-state index >= 15 is 0 Å². The molecule has 1 rings (SSSR count). The molecule has 118 valence electrons. The molecule has 21 heavy (non-hydrogen) atoms. The zero-order valence-electron chi connectivity index (χ0n) is 12.7. The number of rotatable bonds is 9. The molecule has 0 aliphatic carbocycles. The summed E-state index contributed by atoms with van der Waals surface area (Å²) in [6, 6.07) is 9.44. The van der Waals surface area contributed by atoms with Crippen LogP contribution in [0.3, 0.4) is 0 Å². The lowest BCUT2D eigenvalue weighted by molar-refractivity contribution is -0.187. The number of hydroxylamine groups is 2. The van der Waals surface area contributed by atoms with Gasteiger partial charge in [-0.25, -0.2) is 0 Å². The highest BCUT2D eigenvalue weighted by atomic mass is 31.2. The second-order valence-electron chi connectivity index (χ2n) is 4.30. The van der Waals surface area contributed by atoms with Gasteiger partial charge in [0.2, 0.25) is 0 Å². The maximum absolute atomic E-state index is 12.5. The third-order valence-electron chi connectivity index (χ3n) is 2.44. The first-order valence-corrected chi connectivity index (χ1v) is 8.57. The summed E-state index contributed by atoms with van der Waals surface area (Å²) in [5, 5.41) is 1.31. The predicted octanol–water partition coefficient (Wildman–Crippen LogP) is 3.19. The molecular formula is C14H22NO5P. The molecule has 0 saturated carbocycles. The van der Waals surface area contributed by atoms with E-state index in [-0.39, 0.29) is 19.5 Å². The molecule has 0 saturated heterocycles. The first-order chi connectivity index (χ1) is 9.99. The van der Waals surface area contributed by atoms with Crippen LogP contribution in [0.1, 0.15) is 26.3 Å². The number of hydrogen-bond donors (Lipinski definition) is 0. The van der Waals surface area contributed by atoms with Gasteiger partial charge in [-0.15, -0.1) is 5.06 Å². The highest BCUT2D eigenvalue weighted by Gasteiger charge is 2.29. The lowest BCUT2D eigenvalue weighted by atomic mass is 10.2. The summed E-state index contributed by atoms with van der Waals surface area (Å²) in [5.41, 5.74) is 0.929. The molecule has 0 fully saturated rings.